The van der Waals surface area contributed by atoms with E-state index in [1.807, 2.05) is 12.1 Å². The Morgan fingerprint density at radius 2 is 1.87 bits per heavy atom. The van der Waals surface area contributed by atoms with E-state index in [4.69, 9.17) is 0 Å². The average Bonchev–Trinajstić information content (AvgIpc) is 3.04. The highest BCUT2D eigenvalue weighted by atomic mass is 19.4. The molecule has 1 aromatic carbocycles. The standard InChI is InChI=1S/C21H27F3N2O4/c1-14-4-5-16(12-17(14)18(27)28)13-26-9-3-6-20(26)7-10-25(11-8-20)19(29)30-15(2)21(22,23)24/h4-5,12,15H,3,6-11,13H2,1-2H3,(H,27,28). The first kappa shape index (κ1) is 22.4. The molecule has 1 unspecified atom stereocenters. The van der Waals surface area contributed by atoms with Crippen molar-refractivity contribution >= 4 is 12.1 Å². The summed E-state index contributed by atoms with van der Waals surface area (Å²) < 4.78 is 42.5. The molecule has 1 aromatic rings. The van der Waals surface area contributed by atoms with Crippen molar-refractivity contribution in [3.8, 4) is 0 Å². The van der Waals surface area contributed by atoms with Gasteiger partial charge in [0, 0.05) is 25.2 Å². The van der Waals surface area contributed by atoms with Gasteiger partial charge in [0.15, 0.2) is 6.10 Å². The van der Waals surface area contributed by atoms with Crippen molar-refractivity contribution in [3.63, 3.8) is 0 Å². The number of rotatable bonds is 4. The van der Waals surface area contributed by atoms with Crippen molar-refractivity contribution in [2.24, 2.45) is 0 Å². The summed E-state index contributed by atoms with van der Waals surface area (Å²) in [6, 6.07) is 5.44. The lowest BCUT2D eigenvalue weighted by molar-refractivity contribution is -0.200. The van der Waals surface area contributed by atoms with Gasteiger partial charge in [-0.2, -0.15) is 13.2 Å². The van der Waals surface area contributed by atoms with Crippen molar-refractivity contribution in [1.29, 1.82) is 0 Å². The Labute approximate surface area is 173 Å². The molecule has 1 atom stereocenters. The van der Waals surface area contributed by atoms with Gasteiger partial charge in [0.25, 0.3) is 0 Å². The second-order valence-corrected chi connectivity index (χ2v) is 8.26. The summed E-state index contributed by atoms with van der Waals surface area (Å²) in [5.74, 6) is -0.953. The zero-order valence-electron chi connectivity index (χ0n) is 17.2. The zero-order chi connectivity index (χ0) is 22.1. The number of hydrogen-bond donors (Lipinski definition) is 1. The van der Waals surface area contributed by atoms with Gasteiger partial charge in [0.05, 0.1) is 5.56 Å². The third kappa shape index (κ3) is 4.71. The largest absolute Gasteiger partial charge is 0.478 e. The van der Waals surface area contributed by atoms with Gasteiger partial charge in [-0.25, -0.2) is 9.59 Å². The molecule has 2 aliphatic heterocycles. The number of halogens is 3. The lowest BCUT2D eigenvalue weighted by atomic mass is 9.84. The molecule has 9 heteroatoms. The van der Waals surface area contributed by atoms with Crippen molar-refractivity contribution in [3.05, 3.63) is 34.9 Å². The van der Waals surface area contributed by atoms with Crippen LogP contribution in [0.4, 0.5) is 18.0 Å². The molecule has 1 N–H and O–H groups in total. The van der Waals surface area contributed by atoms with E-state index in [2.05, 4.69) is 9.64 Å². The highest BCUT2D eigenvalue weighted by Gasteiger charge is 2.45. The lowest BCUT2D eigenvalue weighted by Crippen LogP contribution is -2.53. The first-order chi connectivity index (χ1) is 14.0. The van der Waals surface area contributed by atoms with Crippen molar-refractivity contribution in [2.45, 2.75) is 63.9 Å². The van der Waals surface area contributed by atoms with Crippen molar-refractivity contribution in [2.75, 3.05) is 19.6 Å². The highest BCUT2D eigenvalue weighted by molar-refractivity contribution is 5.89. The van der Waals surface area contributed by atoms with Gasteiger partial charge in [-0.3, -0.25) is 4.90 Å². The number of carboxylic acid groups (broad SMARTS) is 1. The van der Waals surface area contributed by atoms with Gasteiger partial charge in [0.1, 0.15) is 0 Å². The number of hydrogen-bond acceptors (Lipinski definition) is 4. The maximum Gasteiger partial charge on any atom is 0.425 e. The van der Waals surface area contributed by atoms with Gasteiger partial charge >= 0.3 is 18.2 Å². The van der Waals surface area contributed by atoms with E-state index in [0.717, 1.165) is 31.9 Å². The molecule has 1 spiro atoms. The number of ether oxygens (including phenoxy) is 1. The summed E-state index contributed by atoms with van der Waals surface area (Å²) in [5, 5.41) is 9.35. The summed E-state index contributed by atoms with van der Waals surface area (Å²) in [7, 11) is 0. The molecule has 0 radical (unpaired) electrons. The van der Waals surface area contributed by atoms with Gasteiger partial charge in [-0.1, -0.05) is 12.1 Å². The van der Waals surface area contributed by atoms with E-state index in [-0.39, 0.29) is 11.1 Å². The van der Waals surface area contributed by atoms with E-state index in [1.165, 1.54) is 4.90 Å². The summed E-state index contributed by atoms with van der Waals surface area (Å²) in [6.07, 6.45) is -4.38. The Hall–Kier alpha value is -2.29. The number of alkyl halides is 3. The molecule has 1 amide bonds. The molecule has 6 nitrogen and oxygen atoms in total. The summed E-state index contributed by atoms with van der Waals surface area (Å²) in [6.45, 7) is 4.75. The van der Waals surface area contributed by atoms with Crippen LogP contribution in [0.15, 0.2) is 18.2 Å². The molecule has 2 heterocycles. The van der Waals surface area contributed by atoms with E-state index in [0.29, 0.717) is 38.0 Å². The number of piperidine rings is 1. The van der Waals surface area contributed by atoms with E-state index in [9.17, 15) is 27.9 Å². The quantitative estimate of drug-likeness (QED) is 0.778. The Kier molecular flexibility index (Phi) is 6.31. The number of carboxylic acids is 1. The minimum absolute atomic E-state index is 0.124. The molecule has 3 rings (SSSR count). The Morgan fingerprint density at radius 3 is 2.47 bits per heavy atom. The first-order valence-electron chi connectivity index (χ1n) is 10.1. The SMILES string of the molecule is Cc1ccc(CN2CCCC23CCN(C(=O)OC(C)C(F)(F)F)CC3)cc1C(=O)O. The predicted molar refractivity (Wildman–Crippen MR) is 103 cm³/mol. The fraction of sp³-hybridized carbons (Fsp3) is 0.619. The van der Waals surface area contributed by atoms with Gasteiger partial charge in [-0.05, 0) is 63.3 Å². The van der Waals surface area contributed by atoms with Gasteiger partial charge in [-0.15, -0.1) is 0 Å². The maximum absolute atomic E-state index is 12.6. The van der Waals surface area contributed by atoms with Crippen LogP contribution < -0.4 is 0 Å². The van der Waals surface area contributed by atoms with Crippen LogP contribution in [-0.2, 0) is 11.3 Å². The van der Waals surface area contributed by atoms with E-state index in [1.54, 1.807) is 13.0 Å². The van der Waals surface area contributed by atoms with Crippen LogP contribution in [0.2, 0.25) is 0 Å². The normalized spacial score (nSPS) is 20.4. The van der Waals surface area contributed by atoms with Crippen LogP contribution in [0.3, 0.4) is 0 Å². The number of benzene rings is 1. The molecule has 0 aromatic heterocycles. The molecular formula is C21H27F3N2O4. The van der Waals surface area contributed by atoms with Crippen LogP contribution in [0.25, 0.3) is 0 Å². The third-order valence-corrected chi connectivity index (χ3v) is 6.34. The van der Waals surface area contributed by atoms with Crippen LogP contribution in [0.5, 0.6) is 0 Å². The number of nitrogens with zero attached hydrogens (tertiary/aromatic N) is 2. The smallest absolute Gasteiger partial charge is 0.425 e. The average molecular weight is 428 g/mol. The molecule has 0 bridgehead atoms. The Morgan fingerprint density at radius 1 is 1.20 bits per heavy atom. The second-order valence-electron chi connectivity index (χ2n) is 8.26. The highest BCUT2D eigenvalue weighted by Crippen LogP contribution is 2.39. The molecule has 0 aliphatic carbocycles. The molecule has 2 aliphatic rings. The molecule has 30 heavy (non-hydrogen) atoms. The van der Waals surface area contributed by atoms with Gasteiger partial charge < -0.3 is 14.7 Å². The molecule has 2 fully saturated rings. The third-order valence-electron chi connectivity index (χ3n) is 6.34. The number of carbonyl (C=O) groups is 2. The van der Waals surface area contributed by atoms with Crippen LogP contribution in [0.1, 0.15) is 54.1 Å². The number of likely N-dealkylation sites (tertiary alicyclic amines) is 2. The Balaban J connectivity index is 1.63. The van der Waals surface area contributed by atoms with Crippen molar-refractivity contribution < 1.29 is 32.6 Å². The molecular weight excluding hydrogens is 401 g/mol. The fourth-order valence-electron chi connectivity index (χ4n) is 4.42. The van der Waals surface area contributed by atoms with Crippen LogP contribution in [0, 0.1) is 6.92 Å². The van der Waals surface area contributed by atoms with E-state index < -0.39 is 24.3 Å². The minimum Gasteiger partial charge on any atom is -0.478 e. The van der Waals surface area contributed by atoms with Gasteiger partial charge in [0.2, 0.25) is 0 Å². The zero-order valence-corrected chi connectivity index (χ0v) is 17.2. The number of aromatic carboxylic acids is 1. The Bertz CT molecular complexity index is 804. The van der Waals surface area contributed by atoms with Crippen molar-refractivity contribution in [1.82, 2.24) is 9.80 Å². The predicted octanol–water partition coefficient (Wildman–Crippen LogP) is 4.21. The number of aryl methyl sites for hydroxylation is 1. The number of carbonyl (C=O) groups excluding carboxylic acids is 1. The van der Waals surface area contributed by atoms with Crippen LogP contribution in [-0.4, -0.2) is 64.4 Å². The van der Waals surface area contributed by atoms with E-state index >= 15 is 0 Å². The summed E-state index contributed by atoms with van der Waals surface area (Å²) >= 11 is 0. The first-order valence-corrected chi connectivity index (χ1v) is 10.1. The lowest BCUT2D eigenvalue weighted by Gasteiger charge is -2.45. The molecule has 2 saturated heterocycles. The summed E-state index contributed by atoms with van der Waals surface area (Å²) in [5.41, 5.74) is 1.79. The molecule has 166 valence electrons. The monoisotopic (exact) mass is 428 g/mol. The molecule has 0 saturated carbocycles. The maximum atomic E-state index is 12.6. The fourth-order valence-corrected chi connectivity index (χ4v) is 4.42. The van der Waals surface area contributed by atoms with Crippen LogP contribution >= 0.6 is 0 Å². The minimum atomic E-state index is -4.57. The number of amides is 1. The second kappa shape index (κ2) is 8.45. The topological polar surface area (TPSA) is 70.1 Å². The summed E-state index contributed by atoms with van der Waals surface area (Å²) in [4.78, 5) is 27.2.